The molecule has 5 nitrogen and oxygen atoms in total. The van der Waals surface area contributed by atoms with Gasteiger partial charge < -0.3 is 10.1 Å². The van der Waals surface area contributed by atoms with E-state index in [1.54, 1.807) is 36.4 Å². The first-order chi connectivity index (χ1) is 11.6. The van der Waals surface area contributed by atoms with Crippen molar-refractivity contribution >= 4 is 29.3 Å². The fourth-order valence-corrected chi connectivity index (χ4v) is 2.73. The summed E-state index contributed by atoms with van der Waals surface area (Å²) in [5.41, 5.74) is 2.75. The van der Waals surface area contributed by atoms with Crippen molar-refractivity contribution in [3.05, 3.63) is 65.2 Å². The van der Waals surface area contributed by atoms with Crippen molar-refractivity contribution in [3.8, 4) is 6.07 Å². The summed E-state index contributed by atoms with van der Waals surface area (Å²) in [7, 11) is 1.32. The average molecular weight is 340 g/mol. The molecule has 0 aliphatic rings. The van der Waals surface area contributed by atoms with E-state index in [2.05, 4.69) is 16.1 Å². The van der Waals surface area contributed by atoms with E-state index in [0.29, 0.717) is 28.3 Å². The Bertz CT molecular complexity index is 749. The lowest BCUT2D eigenvalue weighted by atomic mass is 10.2. The molecule has 2 aromatic carbocycles. The maximum absolute atomic E-state index is 11.9. The van der Waals surface area contributed by atoms with Crippen LogP contribution >= 0.6 is 11.8 Å². The smallest absolute Gasteiger partial charge is 0.337 e. The van der Waals surface area contributed by atoms with Crippen molar-refractivity contribution in [3.63, 3.8) is 0 Å². The zero-order valence-corrected chi connectivity index (χ0v) is 13.9. The normalized spacial score (nSPS) is 9.83. The minimum absolute atomic E-state index is 0.112. The number of nitrogens with one attached hydrogen (secondary N) is 1. The Morgan fingerprint density at radius 3 is 2.38 bits per heavy atom. The van der Waals surface area contributed by atoms with Gasteiger partial charge >= 0.3 is 5.97 Å². The predicted molar refractivity (Wildman–Crippen MR) is 93.7 cm³/mol. The lowest BCUT2D eigenvalue weighted by molar-refractivity contribution is -0.113. The van der Waals surface area contributed by atoms with Gasteiger partial charge in [-0.3, -0.25) is 4.79 Å². The summed E-state index contributed by atoms with van der Waals surface area (Å²) in [4.78, 5) is 23.2. The minimum atomic E-state index is -0.411. The highest BCUT2D eigenvalue weighted by atomic mass is 32.2. The molecule has 24 heavy (non-hydrogen) atoms. The molecule has 2 rings (SSSR count). The number of methoxy groups -OCH3 is 1. The van der Waals surface area contributed by atoms with Crippen molar-refractivity contribution in [2.45, 2.75) is 5.75 Å². The van der Waals surface area contributed by atoms with E-state index in [-0.39, 0.29) is 5.91 Å². The molecule has 0 atom stereocenters. The van der Waals surface area contributed by atoms with Crippen LogP contribution in [0.4, 0.5) is 5.69 Å². The lowest BCUT2D eigenvalue weighted by Gasteiger charge is -2.06. The van der Waals surface area contributed by atoms with Gasteiger partial charge in [0.1, 0.15) is 0 Å². The van der Waals surface area contributed by atoms with Gasteiger partial charge in [0, 0.05) is 11.4 Å². The second-order valence-corrected chi connectivity index (χ2v) is 5.90. The first kappa shape index (κ1) is 17.6. The van der Waals surface area contributed by atoms with E-state index in [1.807, 2.05) is 12.1 Å². The molecule has 0 saturated heterocycles. The number of hydrogen-bond donors (Lipinski definition) is 1. The third-order valence-electron chi connectivity index (χ3n) is 3.17. The molecular formula is C18H16N2O3S. The second kappa shape index (κ2) is 8.75. The largest absolute Gasteiger partial charge is 0.465 e. The molecule has 122 valence electrons. The Morgan fingerprint density at radius 2 is 1.79 bits per heavy atom. The number of anilines is 1. The molecule has 6 heteroatoms. The van der Waals surface area contributed by atoms with Gasteiger partial charge in [-0.15, -0.1) is 11.8 Å². The molecule has 1 amide bonds. The molecule has 0 unspecified atom stereocenters. The quantitative estimate of drug-likeness (QED) is 0.817. The van der Waals surface area contributed by atoms with Crippen molar-refractivity contribution in [1.82, 2.24) is 0 Å². The molecule has 0 radical (unpaired) electrons. The number of amides is 1. The Morgan fingerprint density at radius 1 is 1.12 bits per heavy atom. The molecule has 0 spiro atoms. The van der Waals surface area contributed by atoms with E-state index >= 15 is 0 Å². The summed E-state index contributed by atoms with van der Waals surface area (Å²) >= 11 is 1.49. The number of rotatable bonds is 6. The number of nitriles is 1. The van der Waals surface area contributed by atoms with Crippen molar-refractivity contribution in [2.75, 3.05) is 18.2 Å². The van der Waals surface area contributed by atoms with Gasteiger partial charge in [-0.25, -0.2) is 4.79 Å². The zero-order chi connectivity index (χ0) is 17.4. The minimum Gasteiger partial charge on any atom is -0.465 e. The second-order valence-electron chi connectivity index (χ2n) is 4.92. The van der Waals surface area contributed by atoms with Crippen molar-refractivity contribution in [2.24, 2.45) is 0 Å². The SMILES string of the molecule is COC(=O)c1ccc(NC(=O)CSCc2ccc(C#N)cc2)cc1. The summed E-state index contributed by atoms with van der Waals surface area (Å²) in [6, 6.07) is 15.9. The fraction of sp³-hybridized carbons (Fsp3) is 0.167. The van der Waals surface area contributed by atoms with Crippen LogP contribution in [0.2, 0.25) is 0 Å². The number of carbonyl (C=O) groups is 2. The van der Waals surface area contributed by atoms with Gasteiger partial charge in [-0.2, -0.15) is 5.26 Å². The number of benzene rings is 2. The van der Waals surface area contributed by atoms with E-state index in [0.717, 1.165) is 5.56 Å². The molecule has 0 saturated carbocycles. The Labute approximate surface area is 144 Å². The third-order valence-corrected chi connectivity index (χ3v) is 4.18. The molecule has 0 fully saturated rings. The van der Waals surface area contributed by atoms with E-state index in [1.165, 1.54) is 18.9 Å². The predicted octanol–water partition coefficient (Wildman–Crippen LogP) is 3.22. The number of nitrogens with zero attached hydrogens (tertiary/aromatic N) is 1. The van der Waals surface area contributed by atoms with Gasteiger partial charge in [0.25, 0.3) is 0 Å². The van der Waals surface area contributed by atoms with E-state index in [4.69, 9.17) is 5.26 Å². The zero-order valence-electron chi connectivity index (χ0n) is 13.1. The number of hydrogen-bond acceptors (Lipinski definition) is 5. The topological polar surface area (TPSA) is 79.2 Å². The summed E-state index contributed by atoms with van der Waals surface area (Å²) in [6.07, 6.45) is 0. The summed E-state index contributed by atoms with van der Waals surface area (Å²) < 4.78 is 4.62. The van der Waals surface area contributed by atoms with Crippen LogP contribution in [0, 0.1) is 11.3 Å². The summed E-state index contributed by atoms with van der Waals surface area (Å²) in [5, 5.41) is 11.5. The third kappa shape index (κ3) is 5.14. The van der Waals surface area contributed by atoms with Gasteiger partial charge in [0.2, 0.25) is 5.91 Å². The van der Waals surface area contributed by atoms with Crippen LogP contribution in [0.5, 0.6) is 0 Å². The van der Waals surface area contributed by atoms with Crippen LogP contribution in [-0.2, 0) is 15.3 Å². The van der Waals surface area contributed by atoms with E-state index < -0.39 is 5.97 Å². The molecular weight excluding hydrogens is 324 g/mol. The number of thioether (sulfide) groups is 1. The van der Waals surface area contributed by atoms with Gasteiger partial charge in [-0.1, -0.05) is 12.1 Å². The molecule has 2 aromatic rings. The first-order valence-electron chi connectivity index (χ1n) is 7.17. The number of ether oxygens (including phenoxy) is 1. The molecule has 0 aliphatic carbocycles. The maximum Gasteiger partial charge on any atom is 0.337 e. The number of carbonyl (C=O) groups excluding carboxylic acids is 2. The van der Waals surface area contributed by atoms with Crippen LogP contribution in [0.1, 0.15) is 21.5 Å². The molecule has 1 N–H and O–H groups in total. The first-order valence-corrected chi connectivity index (χ1v) is 8.33. The highest BCUT2D eigenvalue weighted by molar-refractivity contribution is 7.99. The van der Waals surface area contributed by atoms with Crippen LogP contribution in [-0.4, -0.2) is 24.7 Å². The average Bonchev–Trinajstić information content (AvgIpc) is 2.62. The van der Waals surface area contributed by atoms with Crippen LogP contribution in [0.3, 0.4) is 0 Å². The highest BCUT2D eigenvalue weighted by Gasteiger charge is 2.06. The summed E-state index contributed by atoms with van der Waals surface area (Å²) in [5.74, 6) is 0.490. The number of esters is 1. The highest BCUT2D eigenvalue weighted by Crippen LogP contribution is 2.15. The van der Waals surface area contributed by atoms with Gasteiger partial charge in [0.05, 0.1) is 30.1 Å². The molecule has 0 bridgehead atoms. The molecule has 0 aliphatic heterocycles. The van der Waals surface area contributed by atoms with Crippen LogP contribution in [0.15, 0.2) is 48.5 Å². The maximum atomic E-state index is 11.9. The Balaban J connectivity index is 1.78. The van der Waals surface area contributed by atoms with E-state index in [9.17, 15) is 9.59 Å². The lowest BCUT2D eigenvalue weighted by Crippen LogP contribution is -2.14. The Kier molecular flexibility index (Phi) is 6.41. The van der Waals surface area contributed by atoms with Crippen molar-refractivity contribution < 1.29 is 14.3 Å². The van der Waals surface area contributed by atoms with Crippen molar-refractivity contribution in [1.29, 1.82) is 5.26 Å². The van der Waals surface area contributed by atoms with Crippen LogP contribution in [0.25, 0.3) is 0 Å². The monoisotopic (exact) mass is 340 g/mol. The Hall–Kier alpha value is -2.78. The molecule has 0 heterocycles. The van der Waals surface area contributed by atoms with Gasteiger partial charge in [-0.05, 0) is 42.0 Å². The molecule has 0 aromatic heterocycles. The fourth-order valence-electron chi connectivity index (χ4n) is 1.94. The standard InChI is InChI=1S/C18H16N2O3S/c1-23-18(22)15-6-8-16(9-7-15)20-17(21)12-24-11-14-4-2-13(10-19)3-5-14/h2-9H,11-12H2,1H3,(H,20,21). The summed E-state index contributed by atoms with van der Waals surface area (Å²) in [6.45, 7) is 0. The van der Waals surface area contributed by atoms with Gasteiger partial charge in [0.15, 0.2) is 0 Å². The van der Waals surface area contributed by atoms with Crippen LogP contribution < -0.4 is 5.32 Å².